The van der Waals surface area contributed by atoms with E-state index >= 15 is 0 Å². The molecule has 1 atom stereocenters. The van der Waals surface area contributed by atoms with E-state index in [9.17, 15) is 0 Å². The molecule has 0 bridgehead atoms. The van der Waals surface area contributed by atoms with Crippen LogP contribution in [0.4, 0.5) is 5.69 Å². The van der Waals surface area contributed by atoms with Crippen molar-refractivity contribution in [3.8, 4) is 17.2 Å². The second-order valence-corrected chi connectivity index (χ2v) is 5.61. The lowest BCUT2D eigenvalue weighted by Crippen LogP contribution is -1.92. The zero-order valence-corrected chi connectivity index (χ0v) is 13.7. The van der Waals surface area contributed by atoms with Gasteiger partial charge in [0.25, 0.3) is 0 Å². The Morgan fingerprint density at radius 2 is 1.87 bits per heavy atom. The number of ether oxygens (including phenoxy) is 3. The maximum Gasteiger partial charge on any atom is 0.231 e. The number of fused-ring (bicyclic) bond motifs is 1. The lowest BCUT2D eigenvalue weighted by atomic mass is 9.99. The second kappa shape index (κ2) is 6.73. The van der Waals surface area contributed by atoms with Crippen molar-refractivity contribution < 1.29 is 14.2 Å². The lowest BCUT2D eigenvalue weighted by Gasteiger charge is -2.08. The third-order valence-electron chi connectivity index (χ3n) is 4.15. The normalized spacial score (nSPS) is 14.2. The van der Waals surface area contributed by atoms with Gasteiger partial charge in [-0.3, -0.25) is 4.99 Å². The zero-order valence-electron chi connectivity index (χ0n) is 13.7. The van der Waals surface area contributed by atoms with E-state index in [4.69, 9.17) is 14.2 Å². The molecule has 0 radical (unpaired) electrons. The van der Waals surface area contributed by atoms with Crippen molar-refractivity contribution in [3.05, 3.63) is 47.5 Å². The molecule has 0 aliphatic carbocycles. The van der Waals surface area contributed by atoms with E-state index in [1.54, 1.807) is 13.3 Å². The molecule has 0 N–H and O–H groups in total. The molecule has 1 aliphatic heterocycles. The van der Waals surface area contributed by atoms with Crippen LogP contribution in [0.5, 0.6) is 17.2 Å². The fraction of sp³-hybridized carbons (Fsp3) is 0.316. The van der Waals surface area contributed by atoms with Crippen molar-refractivity contribution in [2.45, 2.75) is 26.2 Å². The number of nitrogens with zero attached hydrogens (tertiary/aromatic N) is 1. The Kier molecular flexibility index (Phi) is 4.51. The van der Waals surface area contributed by atoms with E-state index in [1.165, 1.54) is 5.56 Å². The van der Waals surface area contributed by atoms with Crippen molar-refractivity contribution in [2.75, 3.05) is 13.9 Å². The number of hydrogen-bond donors (Lipinski definition) is 0. The van der Waals surface area contributed by atoms with Crippen molar-refractivity contribution in [3.63, 3.8) is 0 Å². The van der Waals surface area contributed by atoms with E-state index in [0.29, 0.717) is 17.4 Å². The molecule has 4 nitrogen and oxygen atoms in total. The topological polar surface area (TPSA) is 40.0 Å². The molecule has 0 saturated carbocycles. The van der Waals surface area contributed by atoms with E-state index in [0.717, 1.165) is 23.4 Å². The zero-order chi connectivity index (χ0) is 16.2. The number of methoxy groups -OCH3 is 1. The minimum absolute atomic E-state index is 0.246. The summed E-state index contributed by atoms with van der Waals surface area (Å²) in [7, 11) is 1.63. The van der Waals surface area contributed by atoms with Gasteiger partial charge in [-0.2, -0.15) is 0 Å². The van der Waals surface area contributed by atoms with Gasteiger partial charge in [0.2, 0.25) is 6.79 Å². The highest BCUT2D eigenvalue weighted by Gasteiger charge is 2.16. The van der Waals surface area contributed by atoms with Gasteiger partial charge in [-0.05, 0) is 36.1 Å². The Bertz CT molecular complexity index is 707. The van der Waals surface area contributed by atoms with Crippen LogP contribution >= 0.6 is 0 Å². The Morgan fingerprint density at radius 1 is 1.17 bits per heavy atom. The SMILES string of the molecule is CC[C@H](C)c1ccc(N=Cc2cc3c(cc2OC)OCO3)cc1. The molecule has 3 rings (SSSR count). The van der Waals surface area contributed by atoms with Gasteiger partial charge in [0, 0.05) is 17.8 Å². The second-order valence-electron chi connectivity index (χ2n) is 5.61. The molecular formula is C19H21NO3. The number of hydrogen-bond acceptors (Lipinski definition) is 4. The highest BCUT2D eigenvalue weighted by molar-refractivity contribution is 5.87. The van der Waals surface area contributed by atoms with Crippen LogP contribution in [0.2, 0.25) is 0 Å². The maximum atomic E-state index is 5.41. The molecule has 0 spiro atoms. The molecule has 0 unspecified atom stereocenters. The van der Waals surface area contributed by atoms with E-state index in [2.05, 4.69) is 31.0 Å². The number of rotatable bonds is 5. The van der Waals surface area contributed by atoms with Gasteiger partial charge < -0.3 is 14.2 Å². The molecule has 2 aromatic carbocycles. The molecule has 1 heterocycles. The molecule has 0 aromatic heterocycles. The van der Waals surface area contributed by atoms with E-state index in [1.807, 2.05) is 24.3 Å². The first-order valence-electron chi connectivity index (χ1n) is 7.83. The molecule has 0 fully saturated rings. The Balaban J connectivity index is 1.82. The monoisotopic (exact) mass is 311 g/mol. The summed E-state index contributed by atoms with van der Waals surface area (Å²) < 4.78 is 16.2. The standard InChI is InChI=1S/C19H21NO3/c1-4-13(2)14-5-7-16(8-6-14)20-11-15-9-18-19(23-12-22-18)10-17(15)21-3/h5-11,13H,4,12H2,1-3H3/t13-/m0/s1. The summed E-state index contributed by atoms with van der Waals surface area (Å²) in [6.45, 7) is 4.68. The van der Waals surface area contributed by atoms with Crippen LogP contribution in [0, 0.1) is 0 Å². The summed E-state index contributed by atoms with van der Waals surface area (Å²) in [6, 6.07) is 12.1. The summed E-state index contributed by atoms with van der Waals surface area (Å²) in [6.07, 6.45) is 2.93. The van der Waals surface area contributed by atoms with E-state index in [-0.39, 0.29) is 6.79 Å². The third kappa shape index (κ3) is 3.31. The summed E-state index contributed by atoms with van der Waals surface area (Å²) in [5.74, 6) is 2.72. The van der Waals surface area contributed by atoms with Gasteiger partial charge in [0.1, 0.15) is 5.75 Å². The molecule has 0 saturated heterocycles. The summed E-state index contributed by atoms with van der Waals surface area (Å²) >= 11 is 0. The minimum atomic E-state index is 0.246. The first-order chi connectivity index (χ1) is 11.2. The summed E-state index contributed by atoms with van der Waals surface area (Å²) in [4.78, 5) is 4.54. The number of aliphatic imine (C=N–C) groups is 1. The smallest absolute Gasteiger partial charge is 0.231 e. The molecule has 120 valence electrons. The molecule has 2 aromatic rings. The van der Waals surface area contributed by atoms with Crippen LogP contribution in [0.15, 0.2) is 41.4 Å². The summed E-state index contributed by atoms with van der Waals surface area (Å²) in [5, 5.41) is 0. The van der Waals surface area contributed by atoms with E-state index < -0.39 is 0 Å². The van der Waals surface area contributed by atoms with Gasteiger partial charge in [-0.25, -0.2) is 0 Å². The van der Waals surface area contributed by atoms with Gasteiger partial charge in [-0.1, -0.05) is 26.0 Å². The first-order valence-corrected chi connectivity index (χ1v) is 7.83. The van der Waals surface area contributed by atoms with Crippen LogP contribution < -0.4 is 14.2 Å². The van der Waals surface area contributed by atoms with Crippen LogP contribution in [0.1, 0.15) is 37.3 Å². The lowest BCUT2D eigenvalue weighted by molar-refractivity contribution is 0.174. The summed E-state index contributed by atoms with van der Waals surface area (Å²) in [5.41, 5.74) is 3.12. The molecule has 4 heteroatoms. The third-order valence-corrected chi connectivity index (χ3v) is 4.15. The van der Waals surface area contributed by atoms with Gasteiger partial charge in [-0.15, -0.1) is 0 Å². The fourth-order valence-electron chi connectivity index (χ4n) is 2.49. The average molecular weight is 311 g/mol. The van der Waals surface area contributed by atoms with Crippen LogP contribution in [0.25, 0.3) is 0 Å². The average Bonchev–Trinajstić information content (AvgIpc) is 3.06. The molecule has 1 aliphatic rings. The number of benzene rings is 2. The molecule has 0 amide bonds. The maximum absolute atomic E-state index is 5.41. The molecular weight excluding hydrogens is 290 g/mol. The Morgan fingerprint density at radius 3 is 2.52 bits per heavy atom. The highest BCUT2D eigenvalue weighted by atomic mass is 16.7. The largest absolute Gasteiger partial charge is 0.496 e. The van der Waals surface area contributed by atoms with Crippen molar-refractivity contribution in [2.24, 2.45) is 4.99 Å². The highest BCUT2D eigenvalue weighted by Crippen LogP contribution is 2.37. The quantitative estimate of drug-likeness (QED) is 0.752. The van der Waals surface area contributed by atoms with Crippen LogP contribution in [-0.4, -0.2) is 20.1 Å². The fourth-order valence-corrected chi connectivity index (χ4v) is 2.49. The molecule has 23 heavy (non-hydrogen) atoms. The van der Waals surface area contributed by atoms with Crippen LogP contribution in [0.3, 0.4) is 0 Å². The van der Waals surface area contributed by atoms with Crippen molar-refractivity contribution in [1.29, 1.82) is 0 Å². The predicted molar refractivity (Wildman–Crippen MR) is 91.5 cm³/mol. The van der Waals surface area contributed by atoms with Gasteiger partial charge in [0.15, 0.2) is 11.5 Å². The van der Waals surface area contributed by atoms with Crippen molar-refractivity contribution in [1.82, 2.24) is 0 Å². The van der Waals surface area contributed by atoms with Crippen LogP contribution in [-0.2, 0) is 0 Å². The van der Waals surface area contributed by atoms with Gasteiger partial charge in [0.05, 0.1) is 12.8 Å². The van der Waals surface area contributed by atoms with Crippen molar-refractivity contribution >= 4 is 11.9 Å². The Hall–Kier alpha value is -2.49. The Labute approximate surface area is 136 Å². The minimum Gasteiger partial charge on any atom is -0.496 e. The first kappa shape index (κ1) is 15.4. The van der Waals surface area contributed by atoms with Gasteiger partial charge >= 0.3 is 0 Å². The predicted octanol–water partition coefficient (Wildman–Crippen LogP) is 4.69.